The van der Waals surface area contributed by atoms with E-state index in [0.29, 0.717) is 25.1 Å². The normalized spacial score (nSPS) is 22.8. The minimum Gasteiger partial charge on any atom is -0.481 e. The smallest absolute Gasteiger partial charge is 0.311 e. The number of aliphatic carboxylic acids is 1. The van der Waals surface area contributed by atoms with E-state index in [1.54, 1.807) is 13.0 Å². The monoisotopic (exact) mass is 308 g/mol. The van der Waals surface area contributed by atoms with Crippen molar-refractivity contribution in [2.24, 2.45) is 5.41 Å². The minimum absolute atomic E-state index is 0.438. The van der Waals surface area contributed by atoms with Crippen LogP contribution in [0.2, 0.25) is 0 Å². The van der Waals surface area contributed by atoms with E-state index in [1.807, 2.05) is 17.0 Å². The van der Waals surface area contributed by atoms with Gasteiger partial charge in [0, 0.05) is 17.6 Å². The predicted molar refractivity (Wildman–Crippen MR) is 71.4 cm³/mol. The van der Waals surface area contributed by atoms with Crippen molar-refractivity contribution in [1.29, 1.82) is 5.26 Å². The van der Waals surface area contributed by atoms with Crippen molar-refractivity contribution in [3.63, 3.8) is 0 Å². The zero-order valence-corrected chi connectivity index (χ0v) is 11.6. The van der Waals surface area contributed by atoms with Gasteiger partial charge in [-0.15, -0.1) is 0 Å². The summed E-state index contributed by atoms with van der Waals surface area (Å²) in [4.78, 5) is 13.2. The summed E-state index contributed by atoms with van der Waals surface area (Å²) >= 11 is 3.38. The summed E-state index contributed by atoms with van der Waals surface area (Å²) in [6, 6.07) is 7.57. The Morgan fingerprint density at radius 1 is 1.61 bits per heavy atom. The molecule has 0 amide bonds. The molecule has 1 aromatic rings. The molecule has 4 nitrogen and oxygen atoms in total. The van der Waals surface area contributed by atoms with Crippen LogP contribution in [0.15, 0.2) is 22.7 Å². The van der Waals surface area contributed by atoms with E-state index in [4.69, 9.17) is 5.26 Å². The third-order valence-electron chi connectivity index (χ3n) is 3.41. The number of carboxylic acid groups (broad SMARTS) is 1. The van der Waals surface area contributed by atoms with Gasteiger partial charge in [0.05, 0.1) is 16.7 Å². The number of carbonyl (C=O) groups is 1. The standard InChI is InChI=1S/C13H13BrN2O2/c1-13(12(17)18)4-5-16(8-13)11-6-10(14)3-2-9(11)7-15/h2-3,6H,4-5,8H2,1H3,(H,17,18). The van der Waals surface area contributed by atoms with E-state index in [-0.39, 0.29) is 0 Å². The lowest BCUT2D eigenvalue weighted by molar-refractivity contribution is -0.146. The molecule has 94 valence electrons. The van der Waals surface area contributed by atoms with Crippen molar-refractivity contribution in [3.05, 3.63) is 28.2 Å². The highest BCUT2D eigenvalue weighted by Gasteiger charge is 2.41. The second-order valence-corrected chi connectivity index (χ2v) is 5.73. The molecule has 1 atom stereocenters. The molecule has 18 heavy (non-hydrogen) atoms. The number of nitriles is 1. The summed E-state index contributed by atoms with van der Waals surface area (Å²) in [6.45, 7) is 2.85. The van der Waals surface area contributed by atoms with Crippen LogP contribution in [-0.4, -0.2) is 24.2 Å². The second-order valence-electron chi connectivity index (χ2n) is 4.81. The lowest BCUT2D eigenvalue weighted by atomic mass is 9.90. The minimum atomic E-state index is -0.779. The van der Waals surface area contributed by atoms with Crippen LogP contribution in [0.25, 0.3) is 0 Å². The van der Waals surface area contributed by atoms with Gasteiger partial charge in [-0.2, -0.15) is 5.26 Å². The molecule has 1 fully saturated rings. The van der Waals surface area contributed by atoms with Crippen LogP contribution in [0.5, 0.6) is 0 Å². The molecule has 5 heteroatoms. The van der Waals surface area contributed by atoms with E-state index < -0.39 is 11.4 Å². The average molecular weight is 309 g/mol. The summed E-state index contributed by atoms with van der Waals surface area (Å²) in [5.74, 6) is -0.779. The number of anilines is 1. The van der Waals surface area contributed by atoms with Crippen LogP contribution in [0.3, 0.4) is 0 Å². The Balaban J connectivity index is 2.33. The average Bonchev–Trinajstić information content (AvgIpc) is 2.73. The highest BCUT2D eigenvalue weighted by atomic mass is 79.9. The number of benzene rings is 1. The Bertz CT molecular complexity index is 538. The number of halogens is 1. The van der Waals surface area contributed by atoms with Gasteiger partial charge in [0.2, 0.25) is 0 Å². The SMILES string of the molecule is CC1(C(=O)O)CCN(c2cc(Br)ccc2C#N)C1. The number of hydrogen-bond acceptors (Lipinski definition) is 3. The fourth-order valence-corrected chi connectivity index (χ4v) is 2.55. The van der Waals surface area contributed by atoms with Gasteiger partial charge in [0.1, 0.15) is 6.07 Å². The lowest BCUT2D eigenvalue weighted by Crippen LogP contribution is -2.31. The third-order valence-corrected chi connectivity index (χ3v) is 3.90. The molecule has 1 aliphatic heterocycles. The van der Waals surface area contributed by atoms with Crippen LogP contribution in [0.1, 0.15) is 18.9 Å². The zero-order valence-electron chi connectivity index (χ0n) is 9.98. The maximum atomic E-state index is 11.2. The van der Waals surface area contributed by atoms with Gasteiger partial charge < -0.3 is 10.0 Å². The van der Waals surface area contributed by atoms with Gasteiger partial charge in [-0.25, -0.2) is 0 Å². The first kappa shape index (κ1) is 12.9. The number of nitrogens with zero attached hydrogens (tertiary/aromatic N) is 2. The first-order valence-electron chi connectivity index (χ1n) is 5.64. The molecule has 0 bridgehead atoms. The fourth-order valence-electron chi connectivity index (χ4n) is 2.20. The Morgan fingerprint density at radius 2 is 2.33 bits per heavy atom. The van der Waals surface area contributed by atoms with Crippen LogP contribution < -0.4 is 4.90 Å². The summed E-state index contributed by atoms with van der Waals surface area (Å²) in [5.41, 5.74) is 0.652. The van der Waals surface area contributed by atoms with Crippen molar-refractivity contribution < 1.29 is 9.90 Å². The first-order valence-corrected chi connectivity index (χ1v) is 6.43. The molecule has 0 radical (unpaired) electrons. The molecular formula is C13H13BrN2O2. The summed E-state index contributed by atoms with van der Waals surface area (Å²) in [5, 5.41) is 18.3. The molecule has 1 saturated heterocycles. The lowest BCUT2D eigenvalue weighted by Gasteiger charge is -2.22. The number of rotatable bonds is 2. The molecule has 0 aliphatic carbocycles. The van der Waals surface area contributed by atoms with Crippen molar-refractivity contribution >= 4 is 27.6 Å². The van der Waals surface area contributed by atoms with E-state index in [0.717, 1.165) is 10.2 Å². The van der Waals surface area contributed by atoms with Gasteiger partial charge in [0.15, 0.2) is 0 Å². The third kappa shape index (κ3) is 2.21. The van der Waals surface area contributed by atoms with Crippen LogP contribution in [0, 0.1) is 16.7 Å². The van der Waals surface area contributed by atoms with Crippen LogP contribution in [0.4, 0.5) is 5.69 Å². The van der Waals surface area contributed by atoms with Gasteiger partial charge in [0.25, 0.3) is 0 Å². The maximum absolute atomic E-state index is 11.2. The summed E-state index contributed by atoms with van der Waals surface area (Å²) < 4.78 is 0.889. The van der Waals surface area contributed by atoms with Crippen molar-refractivity contribution in [2.75, 3.05) is 18.0 Å². The largest absolute Gasteiger partial charge is 0.481 e. The van der Waals surface area contributed by atoms with Crippen molar-refractivity contribution in [2.45, 2.75) is 13.3 Å². The van der Waals surface area contributed by atoms with Gasteiger partial charge >= 0.3 is 5.97 Å². The van der Waals surface area contributed by atoms with E-state index >= 15 is 0 Å². The highest BCUT2D eigenvalue weighted by Crippen LogP contribution is 2.35. The van der Waals surface area contributed by atoms with Gasteiger partial charge in [-0.1, -0.05) is 15.9 Å². The molecule has 1 N–H and O–H groups in total. The molecule has 0 spiro atoms. The van der Waals surface area contributed by atoms with E-state index in [1.165, 1.54) is 0 Å². The van der Waals surface area contributed by atoms with Gasteiger partial charge in [-0.3, -0.25) is 4.79 Å². The van der Waals surface area contributed by atoms with Gasteiger partial charge in [-0.05, 0) is 31.5 Å². The molecule has 1 heterocycles. The second kappa shape index (κ2) is 4.62. The maximum Gasteiger partial charge on any atom is 0.311 e. The molecule has 1 aliphatic rings. The molecule has 1 unspecified atom stereocenters. The predicted octanol–water partition coefficient (Wildman–Crippen LogP) is 2.62. The van der Waals surface area contributed by atoms with E-state index in [2.05, 4.69) is 22.0 Å². The summed E-state index contributed by atoms with van der Waals surface area (Å²) in [7, 11) is 0. The van der Waals surface area contributed by atoms with Crippen LogP contribution >= 0.6 is 15.9 Å². The molecule has 0 saturated carbocycles. The number of carboxylic acids is 1. The van der Waals surface area contributed by atoms with Crippen molar-refractivity contribution in [1.82, 2.24) is 0 Å². The highest BCUT2D eigenvalue weighted by molar-refractivity contribution is 9.10. The zero-order chi connectivity index (χ0) is 13.3. The molecule has 2 rings (SSSR count). The molecular weight excluding hydrogens is 296 g/mol. The Kier molecular flexibility index (Phi) is 3.31. The topological polar surface area (TPSA) is 64.3 Å². The van der Waals surface area contributed by atoms with Crippen molar-refractivity contribution in [3.8, 4) is 6.07 Å². The fraction of sp³-hybridized carbons (Fsp3) is 0.385. The van der Waals surface area contributed by atoms with E-state index in [9.17, 15) is 9.90 Å². The Hall–Kier alpha value is -1.54. The quantitative estimate of drug-likeness (QED) is 0.912. The summed E-state index contributed by atoms with van der Waals surface area (Å²) in [6.07, 6.45) is 0.597. The molecule has 0 aromatic heterocycles. The first-order chi connectivity index (χ1) is 8.46. The molecule has 1 aromatic carbocycles. The Labute approximate surface area is 114 Å². The van der Waals surface area contributed by atoms with Crippen LogP contribution in [-0.2, 0) is 4.79 Å². The number of hydrogen-bond donors (Lipinski definition) is 1. The Morgan fingerprint density at radius 3 is 2.89 bits per heavy atom.